The summed E-state index contributed by atoms with van der Waals surface area (Å²) in [6.07, 6.45) is 14.8. The number of rotatable bonds is 6. The van der Waals surface area contributed by atoms with Crippen molar-refractivity contribution in [1.82, 2.24) is 0 Å². The number of hydrogen-bond acceptors (Lipinski definition) is 1. The zero-order valence-electron chi connectivity index (χ0n) is 18.0. The number of allylic oxidation sites excluding steroid dienone is 1. The summed E-state index contributed by atoms with van der Waals surface area (Å²) < 4.78 is 20.4. The van der Waals surface area contributed by atoms with Gasteiger partial charge in [-0.3, -0.25) is 0 Å². The summed E-state index contributed by atoms with van der Waals surface area (Å²) in [4.78, 5) is 0. The van der Waals surface area contributed by atoms with Gasteiger partial charge in [0.1, 0.15) is 18.2 Å². The molecule has 0 aromatic heterocycles. The molecule has 29 heavy (non-hydrogen) atoms. The second kappa shape index (κ2) is 9.32. The molecule has 0 N–H and O–H groups in total. The molecule has 4 unspecified atom stereocenters. The molecular formula is C27H35FO. The van der Waals surface area contributed by atoms with Crippen molar-refractivity contribution in [2.75, 3.05) is 6.61 Å². The maximum Gasteiger partial charge on any atom is 0.134 e. The molecule has 2 heteroatoms. The molecule has 4 atom stereocenters. The molecule has 0 heterocycles. The summed E-state index contributed by atoms with van der Waals surface area (Å²) in [7, 11) is 0. The lowest BCUT2D eigenvalue weighted by molar-refractivity contribution is 0.114. The molecule has 0 aliphatic heterocycles. The average molecular weight is 395 g/mol. The Hall–Kier alpha value is -1.83. The molecule has 156 valence electrons. The van der Waals surface area contributed by atoms with Crippen LogP contribution < -0.4 is 4.74 Å². The van der Waals surface area contributed by atoms with Crippen molar-refractivity contribution in [3.05, 3.63) is 53.9 Å². The monoisotopic (exact) mass is 394 g/mol. The Morgan fingerprint density at radius 2 is 1.86 bits per heavy atom. The second-order valence-corrected chi connectivity index (χ2v) is 9.26. The van der Waals surface area contributed by atoms with Gasteiger partial charge in [0.2, 0.25) is 0 Å². The van der Waals surface area contributed by atoms with Crippen LogP contribution in [0.4, 0.5) is 4.39 Å². The molecular weight excluding hydrogens is 359 g/mol. The fraction of sp³-hybridized carbons (Fsp3) is 0.556. The summed E-state index contributed by atoms with van der Waals surface area (Å²) in [6, 6.07) is 9.90. The number of halogens is 1. The van der Waals surface area contributed by atoms with E-state index in [1.54, 1.807) is 0 Å². The minimum absolute atomic E-state index is 0.173. The van der Waals surface area contributed by atoms with Crippen molar-refractivity contribution in [3.8, 4) is 5.75 Å². The van der Waals surface area contributed by atoms with E-state index in [2.05, 4.69) is 25.1 Å². The smallest absolute Gasteiger partial charge is 0.134 e. The van der Waals surface area contributed by atoms with E-state index in [0.717, 1.165) is 28.5 Å². The Morgan fingerprint density at radius 3 is 2.69 bits per heavy atom. The van der Waals surface area contributed by atoms with Crippen molar-refractivity contribution in [1.29, 1.82) is 0 Å². The quantitative estimate of drug-likeness (QED) is 0.450. The molecule has 0 bridgehead atoms. The maximum absolute atomic E-state index is 14.8. The van der Waals surface area contributed by atoms with Crippen molar-refractivity contribution in [2.24, 2.45) is 17.8 Å². The van der Waals surface area contributed by atoms with Crippen LogP contribution in [0.15, 0.2) is 42.5 Å². The third-order valence-corrected chi connectivity index (χ3v) is 7.37. The van der Waals surface area contributed by atoms with E-state index in [1.165, 1.54) is 63.0 Å². The normalized spacial score (nSPS) is 27.3. The van der Waals surface area contributed by atoms with Gasteiger partial charge in [-0.25, -0.2) is 4.39 Å². The van der Waals surface area contributed by atoms with Crippen LogP contribution in [-0.2, 0) is 0 Å². The van der Waals surface area contributed by atoms with Gasteiger partial charge in [0.05, 0.1) is 0 Å². The summed E-state index contributed by atoms with van der Waals surface area (Å²) in [5, 5.41) is 1.66. The van der Waals surface area contributed by atoms with Crippen LogP contribution in [-0.4, -0.2) is 6.61 Å². The number of fused-ring (bicyclic) bond motifs is 2. The lowest BCUT2D eigenvalue weighted by atomic mass is 9.63. The molecule has 2 aromatic rings. The summed E-state index contributed by atoms with van der Waals surface area (Å²) in [5.41, 5.74) is 1.33. The second-order valence-electron chi connectivity index (χ2n) is 9.26. The van der Waals surface area contributed by atoms with E-state index < -0.39 is 0 Å². The average Bonchev–Trinajstić information content (AvgIpc) is 2.74. The molecule has 0 amide bonds. The zero-order chi connectivity index (χ0) is 20.2. The Labute approximate surface area is 175 Å². The van der Waals surface area contributed by atoms with Gasteiger partial charge in [0.15, 0.2) is 0 Å². The van der Waals surface area contributed by atoms with Gasteiger partial charge >= 0.3 is 0 Å². The van der Waals surface area contributed by atoms with Crippen LogP contribution in [0.1, 0.15) is 76.7 Å². The molecule has 2 saturated carbocycles. The van der Waals surface area contributed by atoms with E-state index in [-0.39, 0.29) is 5.82 Å². The molecule has 1 nitrogen and oxygen atoms in total. The van der Waals surface area contributed by atoms with E-state index in [9.17, 15) is 4.39 Å². The highest BCUT2D eigenvalue weighted by Gasteiger charge is 2.35. The molecule has 2 aromatic carbocycles. The van der Waals surface area contributed by atoms with Crippen LogP contribution in [0.25, 0.3) is 10.8 Å². The van der Waals surface area contributed by atoms with Gasteiger partial charge in [-0.15, -0.1) is 0 Å². The number of hydrogen-bond donors (Lipinski definition) is 0. The summed E-state index contributed by atoms with van der Waals surface area (Å²) in [5.74, 6) is 3.80. The third-order valence-electron chi connectivity index (χ3n) is 7.37. The first-order valence-electron chi connectivity index (χ1n) is 11.6. The van der Waals surface area contributed by atoms with Gasteiger partial charge in [-0.2, -0.15) is 0 Å². The largest absolute Gasteiger partial charge is 0.489 e. The SMILES string of the molecule is C/C=C/COc1cc(F)c2cc(C3CCC4CC(CCC)CCC4C3)ccc2c1. The molecule has 4 rings (SSSR count). The van der Waals surface area contributed by atoms with Gasteiger partial charge in [-0.05, 0) is 85.8 Å². The molecule has 0 radical (unpaired) electrons. The first-order chi connectivity index (χ1) is 14.2. The van der Waals surface area contributed by atoms with Crippen LogP contribution in [0.2, 0.25) is 0 Å². The highest BCUT2D eigenvalue weighted by atomic mass is 19.1. The minimum Gasteiger partial charge on any atom is -0.489 e. The molecule has 0 spiro atoms. The van der Waals surface area contributed by atoms with Gasteiger partial charge < -0.3 is 4.74 Å². The molecule has 2 aliphatic carbocycles. The maximum atomic E-state index is 14.8. The molecule has 0 saturated heterocycles. The fourth-order valence-electron chi connectivity index (χ4n) is 5.84. The van der Waals surface area contributed by atoms with Gasteiger partial charge in [0, 0.05) is 11.5 Å². The van der Waals surface area contributed by atoms with Gasteiger partial charge in [0.25, 0.3) is 0 Å². The fourth-order valence-corrected chi connectivity index (χ4v) is 5.84. The van der Waals surface area contributed by atoms with E-state index >= 15 is 0 Å². The zero-order valence-corrected chi connectivity index (χ0v) is 18.0. The predicted molar refractivity (Wildman–Crippen MR) is 120 cm³/mol. The van der Waals surface area contributed by atoms with Crippen molar-refractivity contribution >= 4 is 10.8 Å². The minimum atomic E-state index is -0.173. The number of ether oxygens (including phenoxy) is 1. The summed E-state index contributed by atoms with van der Waals surface area (Å²) in [6.45, 7) is 4.75. The lowest BCUT2D eigenvalue weighted by Crippen LogP contribution is -2.30. The Kier molecular flexibility index (Phi) is 6.57. The topological polar surface area (TPSA) is 9.23 Å². The Balaban J connectivity index is 1.47. The van der Waals surface area contributed by atoms with Crippen LogP contribution in [0, 0.1) is 23.6 Å². The van der Waals surface area contributed by atoms with E-state index in [0.29, 0.717) is 18.3 Å². The van der Waals surface area contributed by atoms with Crippen LogP contribution >= 0.6 is 0 Å². The highest BCUT2D eigenvalue weighted by Crippen LogP contribution is 2.48. The van der Waals surface area contributed by atoms with E-state index in [4.69, 9.17) is 4.74 Å². The summed E-state index contributed by atoms with van der Waals surface area (Å²) >= 11 is 0. The lowest BCUT2D eigenvalue weighted by Gasteiger charge is -2.42. The van der Waals surface area contributed by atoms with Crippen LogP contribution in [0.5, 0.6) is 5.75 Å². The third kappa shape index (κ3) is 4.68. The molecule has 2 aliphatic rings. The van der Waals surface area contributed by atoms with Gasteiger partial charge in [-0.1, -0.05) is 50.5 Å². The Bertz CT molecular complexity index is 855. The standard InChI is InChI=1S/C27H35FO/c1-3-5-13-29-25-16-24-12-11-23(17-26(24)27(28)18-25)22-10-9-20-14-19(6-4-2)7-8-21(20)15-22/h3,5,11-12,16-22H,4,6-10,13-15H2,1-2H3/b5-3+. The predicted octanol–water partition coefficient (Wildman–Crippen LogP) is 8.03. The Morgan fingerprint density at radius 1 is 1.03 bits per heavy atom. The number of benzene rings is 2. The highest BCUT2D eigenvalue weighted by molar-refractivity contribution is 5.85. The van der Waals surface area contributed by atoms with E-state index in [1.807, 2.05) is 25.1 Å². The first kappa shape index (κ1) is 20.4. The van der Waals surface area contributed by atoms with Crippen molar-refractivity contribution in [2.45, 2.75) is 71.1 Å². The molecule has 2 fully saturated rings. The van der Waals surface area contributed by atoms with Crippen molar-refractivity contribution in [3.63, 3.8) is 0 Å². The van der Waals surface area contributed by atoms with Crippen LogP contribution in [0.3, 0.4) is 0 Å². The first-order valence-corrected chi connectivity index (χ1v) is 11.6. The van der Waals surface area contributed by atoms with Crippen molar-refractivity contribution < 1.29 is 9.13 Å².